The Morgan fingerprint density at radius 3 is 2.67 bits per heavy atom. The Hall–Kier alpha value is -3.26. The Kier molecular flexibility index (Phi) is 3.83. The first-order valence-corrected chi connectivity index (χ1v) is 9.29. The predicted octanol–water partition coefficient (Wildman–Crippen LogP) is 2.58. The molecule has 27 heavy (non-hydrogen) atoms. The van der Waals surface area contributed by atoms with Gasteiger partial charge in [-0.3, -0.25) is 4.79 Å². The van der Waals surface area contributed by atoms with E-state index < -0.39 is 0 Å². The summed E-state index contributed by atoms with van der Waals surface area (Å²) >= 11 is 1.35. The molecule has 0 saturated heterocycles. The average Bonchev–Trinajstić information content (AvgIpc) is 3.12. The molecule has 3 heterocycles. The average molecular weight is 378 g/mol. The van der Waals surface area contributed by atoms with E-state index in [0.29, 0.717) is 30.3 Å². The summed E-state index contributed by atoms with van der Waals surface area (Å²) in [5.74, 6) is 1.49. The molecule has 0 fully saturated rings. The van der Waals surface area contributed by atoms with Crippen LogP contribution >= 0.6 is 11.3 Å². The molecule has 7 nitrogen and oxygen atoms in total. The van der Waals surface area contributed by atoms with Crippen LogP contribution in [0.15, 0.2) is 53.3 Å². The zero-order valence-electron chi connectivity index (χ0n) is 14.2. The third kappa shape index (κ3) is 2.93. The highest BCUT2D eigenvalue weighted by Crippen LogP contribution is 2.31. The van der Waals surface area contributed by atoms with E-state index in [4.69, 9.17) is 9.47 Å². The van der Waals surface area contributed by atoms with Crippen LogP contribution in [0.4, 0.5) is 0 Å². The summed E-state index contributed by atoms with van der Waals surface area (Å²) in [7, 11) is 0. The van der Waals surface area contributed by atoms with Gasteiger partial charge < -0.3 is 9.47 Å². The lowest BCUT2D eigenvalue weighted by atomic mass is 10.1. The number of rotatable bonds is 3. The van der Waals surface area contributed by atoms with Crippen molar-refractivity contribution in [1.29, 1.82) is 0 Å². The van der Waals surface area contributed by atoms with Crippen molar-refractivity contribution < 1.29 is 9.47 Å². The van der Waals surface area contributed by atoms with Gasteiger partial charge in [0.2, 0.25) is 4.96 Å². The van der Waals surface area contributed by atoms with Crippen LogP contribution in [0.3, 0.4) is 0 Å². The fourth-order valence-corrected chi connectivity index (χ4v) is 3.84. The fraction of sp³-hybridized carbons (Fsp3) is 0.158. The van der Waals surface area contributed by atoms with Gasteiger partial charge in [0.1, 0.15) is 18.2 Å². The van der Waals surface area contributed by atoms with Crippen molar-refractivity contribution in [3.63, 3.8) is 0 Å². The van der Waals surface area contributed by atoms with E-state index in [1.54, 1.807) is 0 Å². The number of ether oxygens (including phenoxy) is 2. The van der Waals surface area contributed by atoms with Gasteiger partial charge in [-0.2, -0.15) is 9.61 Å². The maximum atomic E-state index is 12.8. The molecule has 0 saturated carbocycles. The Morgan fingerprint density at radius 2 is 1.81 bits per heavy atom. The Morgan fingerprint density at radius 1 is 1.00 bits per heavy atom. The van der Waals surface area contributed by atoms with Gasteiger partial charge in [0.25, 0.3) is 0 Å². The van der Waals surface area contributed by atoms with Gasteiger partial charge in [0.15, 0.2) is 17.2 Å². The zero-order chi connectivity index (χ0) is 18.2. The molecule has 0 spiro atoms. The van der Waals surface area contributed by atoms with Crippen LogP contribution in [-0.4, -0.2) is 33.0 Å². The van der Waals surface area contributed by atoms with Gasteiger partial charge >= 0.3 is 5.56 Å². The van der Waals surface area contributed by atoms with E-state index in [2.05, 4.69) is 15.3 Å². The van der Waals surface area contributed by atoms with Crippen molar-refractivity contribution in [2.45, 2.75) is 6.42 Å². The molecule has 0 N–H and O–H groups in total. The van der Waals surface area contributed by atoms with Gasteiger partial charge in [0, 0.05) is 12.0 Å². The molecule has 0 aliphatic carbocycles. The Bertz CT molecular complexity index is 1190. The monoisotopic (exact) mass is 378 g/mol. The standard InChI is InChI=1S/C19H14N4O3S/c24-18-17(13-4-2-1-3-5-13)20-21-19-23(18)22-16(27-19)11-12-6-7-14-15(10-12)26-9-8-25-14/h1-7,10H,8-9,11H2. The molecule has 8 heteroatoms. The second kappa shape index (κ2) is 6.48. The van der Waals surface area contributed by atoms with Crippen molar-refractivity contribution in [2.75, 3.05) is 13.2 Å². The summed E-state index contributed by atoms with van der Waals surface area (Å²) in [6, 6.07) is 15.1. The van der Waals surface area contributed by atoms with Crippen LogP contribution in [0.1, 0.15) is 10.6 Å². The maximum absolute atomic E-state index is 12.8. The molecule has 0 atom stereocenters. The smallest absolute Gasteiger partial charge is 0.302 e. The lowest BCUT2D eigenvalue weighted by molar-refractivity contribution is 0.171. The lowest BCUT2D eigenvalue weighted by Gasteiger charge is -2.18. The summed E-state index contributed by atoms with van der Waals surface area (Å²) in [6.07, 6.45) is 0.574. The van der Waals surface area contributed by atoms with Crippen molar-refractivity contribution in [2.24, 2.45) is 0 Å². The van der Waals surface area contributed by atoms with Gasteiger partial charge in [-0.25, -0.2) is 0 Å². The van der Waals surface area contributed by atoms with Gasteiger partial charge in [-0.1, -0.05) is 47.7 Å². The summed E-state index contributed by atoms with van der Waals surface area (Å²) < 4.78 is 12.5. The first kappa shape index (κ1) is 16.0. The number of nitrogens with zero attached hydrogens (tertiary/aromatic N) is 4. The molecule has 134 valence electrons. The first-order valence-electron chi connectivity index (χ1n) is 8.47. The predicted molar refractivity (Wildman–Crippen MR) is 101 cm³/mol. The molecule has 4 aromatic rings. The fourth-order valence-electron chi connectivity index (χ4n) is 2.98. The molecular formula is C19H14N4O3S. The summed E-state index contributed by atoms with van der Waals surface area (Å²) in [4.78, 5) is 13.2. The number of benzene rings is 2. The van der Waals surface area contributed by atoms with Gasteiger partial charge in [-0.05, 0) is 17.7 Å². The minimum Gasteiger partial charge on any atom is -0.486 e. The number of fused-ring (bicyclic) bond motifs is 2. The van der Waals surface area contributed by atoms with Crippen LogP contribution in [0, 0.1) is 0 Å². The van der Waals surface area contributed by atoms with Crippen molar-refractivity contribution >= 4 is 16.3 Å². The summed E-state index contributed by atoms with van der Waals surface area (Å²) in [5, 5.41) is 13.5. The third-order valence-electron chi connectivity index (χ3n) is 4.24. The third-order valence-corrected chi connectivity index (χ3v) is 5.14. The van der Waals surface area contributed by atoms with E-state index in [9.17, 15) is 4.79 Å². The zero-order valence-corrected chi connectivity index (χ0v) is 15.0. The second-order valence-electron chi connectivity index (χ2n) is 6.06. The van der Waals surface area contributed by atoms with Crippen molar-refractivity contribution in [3.8, 4) is 22.8 Å². The Labute approximate surface area is 157 Å². The molecule has 0 amide bonds. The first-order chi connectivity index (χ1) is 13.3. The maximum Gasteiger partial charge on any atom is 0.302 e. The molecule has 1 aliphatic heterocycles. The molecule has 2 aromatic carbocycles. The van der Waals surface area contributed by atoms with Crippen LogP contribution < -0.4 is 15.0 Å². The quantitative estimate of drug-likeness (QED) is 0.545. The molecule has 0 unspecified atom stereocenters. The molecule has 0 bridgehead atoms. The van der Waals surface area contributed by atoms with Crippen molar-refractivity contribution in [1.82, 2.24) is 19.8 Å². The summed E-state index contributed by atoms with van der Waals surface area (Å²) in [5.41, 5.74) is 1.79. The lowest BCUT2D eigenvalue weighted by Crippen LogP contribution is -2.19. The minimum atomic E-state index is -0.268. The van der Waals surface area contributed by atoms with E-state index in [-0.39, 0.29) is 5.56 Å². The van der Waals surface area contributed by atoms with Gasteiger partial charge in [-0.15, -0.1) is 10.2 Å². The van der Waals surface area contributed by atoms with E-state index in [1.807, 2.05) is 48.5 Å². The highest BCUT2D eigenvalue weighted by atomic mass is 32.1. The highest BCUT2D eigenvalue weighted by Gasteiger charge is 2.15. The minimum absolute atomic E-state index is 0.268. The molecule has 1 aliphatic rings. The SMILES string of the molecule is O=c1c(-c2ccccc2)nnc2sc(Cc3ccc4c(c3)OCCO4)nn12. The number of aromatic nitrogens is 4. The van der Waals surface area contributed by atoms with Gasteiger partial charge in [0.05, 0.1) is 0 Å². The number of hydrogen-bond donors (Lipinski definition) is 0. The molecular weight excluding hydrogens is 364 g/mol. The molecule has 5 rings (SSSR count). The second-order valence-corrected chi connectivity index (χ2v) is 7.11. The largest absolute Gasteiger partial charge is 0.486 e. The van der Waals surface area contributed by atoms with E-state index in [1.165, 1.54) is 15.9 Å². The Balaban J connectivity index is 1.50. The molecule has 2 aromatic heterocycles. The topological polar surface area (TPSA) is 78.6 Å². The van der Waals surface area contributed by atoms with Crippen LogP contribution in [-0.2, 0) is 6.42 Å². The van der Waals surface area contributed by atoms with Crippen LogP contribution in [0.25, 0.3) is 16.2 Å². The van der Waals surface area contributed by atoms with Crippen LogP contribution in [0.5, 0.6) is 11.5 Å². The molecule has 0 radical (unpaired) electrons. The highest BCUT2D eigenvalue weighted by molar-refractivity contribution is 7.16. The van der Waals surface area contributed by atoms with Crippen LogP contribution in [0.2, 0.25) is 0 Å². The normalized spacial score (nSPS) is 13.0. The van der Waals surface area contributed by atoms with Crippen molar-refractivity contribution in [3.05, 3.63) is 69.5 Å². The summed E-state index contributed by atoms with van der Waals surface area (Å²) in [6.45, 7) is 1.11. The number of hydrogen-bond acceptors (Lipinski definition) is 7. The van der Waals surface area contributed by atoms with E-state index in [0.717, 1.165) is 27.6 Å². The van der Waals surface area contributed by atoms with E-state index >= 15 is 0 Å².